The highest BCUT2D eigenvalue weighted by Gasteiger charge is 1.93. The summed E-state index contributed by atoms with van der Waals surface area (Å²) < 4.78 is 0. The quantitative estimate of drug-likeness (QED) is 0.616. The van der Waals surface area contributed by atoms with Gasteiger partial charge in [0.2, 0.25) is 0 Å². The van der Waals surface area contributed by atoms with Gasteiger partial charge in [0.15, 0.2) is 5.51 Å². The van der Waals surface area contributed by atoms with Gasteiger partial charge in [-0.2, -0.15) is 0 Å². The molecule has 1 radical (unpaired) electrons. The topological polar surface area (TPSA) is 12.9 Å². The SMILES string of the molecule is CCCCCCc1cn[c]s1. The maximum absolute atomic E-state index is 3.91. The van der Waals surface area contributed by atoms with Crippen molar-refractivity contribution in [3.8, 4) is 0 Å². The van der Waals surface area contributed by atoms with Crippen LogP contribution in [-0.4, -0.2) is 4.98 Å². The standard InChI is InChI=1S/C9H14NS/c1-2-3-4-5-6-9-7-10-8-11-9/h7H,2-6H2,1H3. The van der Waals surface area contributed by atoms with Crippen LogP contribution in [0.5, 0.6) is 0 Å². The van der Waals surface area contributed by atoms with Gasteiger partial charge in [0, 0.05) is 11.1 Å². The first kappa shape index (κ1) is 8.72. The van der Waals surface area contributed by atoms with Crippen LogP contribution in [0.1, 0.15) is 37.5 Å². The molecule has 11 heavy (non-hydrogen) atoms. The highest BCUT2D eigenvalue weighted by atomic mass is 32.1. The largest absolute Gasteiger partial charge is 0.242 e. The number of thiazole rings is 1. The van der Waals surface area contributed by atoms with E-state index in [4.69, 9.17) is 0 Å². The Morgan fingerprint density at radius 2 is 2.36 bits per heavy atom. The third kappa shape index (κ3) is 3.51. The summed E-state index contributed by atoms with van der Waals surface area (Å²) >= 11 is 1.64. The Hall–Kier alpha value is -0.370. The first-order chi connectivity index (χ1) is 5.43. The van der Waals surface area contributed by atoms with Crippen LogP contribution in [0.25, 0.3) is 0 Å². The monoisotopic (exact) mass is 168 g/mol. The van der Waals surface area contributed by atoms with Crippen LogP contribution in [0.2, 0.25) is 0 Å². The van der Waals surface area contributed by atoms with Gasteiger partial charge >= 0.3 is 0 Å². The molecule has 1 aromatic rings. The van der Waals surface area contributed by atoms with E-state index in [0.29, 0.717) is 0 Å². The molecule has 2 heteroatoms. The van der Waals surface area contributed by atoms with E-state index < -0.39 is 0 Å². The first-order valence-corrected chi connectivity index (χ1v) is 5.06. The minimum absolute atomic E-state index is 1.20. The lowest BCUT2D eigenvalue weighted by molar-refractivity contribution is 0.670. The van der Waals surface area contributed by atoms with Crippen molar-refractivity contribution in [2.45, 2.75) is 39.0 Å². The highest BCUT2D eigenvalue weighted by molar-refractivity contribution is 7.09. The summed E-state index contributed by atoms with van der Waals surface area (Å²) in [5, 5.41) is 0. The Bertz CT molecular complexity index is 170. The molecule has 0 aromatic carbocycles. The average Bonchev–Trinajstić information content (AvgIpc) is 2.50. The number of rotatable bonds is 5. The molecular formula is C9H14NS. The van der Waals surface area contributed by atoms with E-state index in [9.17, 15) is 0 Å². The van der Waals surface area contributed by atoms with Crippen molar-refractivity contribution in [2.24, 2.45) is 0 Å². The number of hydrogen-bond acceptors (Lipinski definition) is 2. The fraction of sp³-hybridized carbons (Fsp3) is 0.667. The summed E-state index contributed by atoms with van der Waals surface area (Å²) in [5.74, 6) is 0. The number of nitrogens with zero attached hydrogens (tertiary/aromatic N) is 1. The lowest BCUT2D eigenvalue weighted by Crippen LogP contribution is -1.80. The molecule has 0 aliphatic heterocycles. The van der Waals surface area contributed by atoms with E-state index in [2.05, 4.69) is 17.4 Å². The Kier molecular flexibility index (Phi) is 4.21. The van der Waals surface area contributed by atoms with Crippen molar-refractivity contribution in [1.29, 1.82) is 0 Å². The van der Waals surface area contributed by atoms with Crippen molar-refractivity contribution in [3.63, 3.8) is 0 Å². The molecule has 0 saturated heterocycles. The van der Waals surface area contributed by atoms with Crippen LogP contribution in [0, 0.1) is 5.51 Å². The fourth-order valence-corrected chi connectivity index (χ4v) is 1.63. The lowest BCUT2D eigenvalue weighted by atomic mass is 10.1. The molecule has 1 nitrogen and oxygen atoms in total. The number of unbranched alkanes of at least 4 members (excludes halogenated alkanes) is 3. The Morgan fingerprint density at radius 3 is 3.00 bits per heavy atom. The van der Waals surface area contributed by atoms with Crippen LogP contribution in [0.4, 0.5) is 0 Å². The van der Waals surface area contributed by atoms with E-state index in [-0.39, 0.29) is 0 Å². The first-order valence-electron chi connectivity index (χ1n) is 4.24. The zero-order valence-corrected chi connectivity index (χ0v) is 7.78. The van der Waals surface area contributed by atoms with Crippen LogP contribution in [-0.2, 0) is 6.42 Å². The lowest BCUT2D eigenvalue weighted by Gasteiger charge is -1.95. The van der Waals surface area contributed by atoms with Gasteiger partial charge in [0.1, 0.15) is 0 Å². The molecule has 0 bridgehead atoms. The molecule has 0 saturated carbocycles. The molecule has 1 heterocycles. The van der Waals surface area contributed by atoms with Gasteiger partial charge in [-0.3, -0.25) is 0 Å². The summed E-state index contributed by atoms with van der Waals surface area (Å²) in [6.45, 7) is 2.24. The molecule has 1 rings (SSSR count). The van der Waals surface area contributed by atoms with Gasteiger partial charge in [-0.05, 0) is 12.8 Å². The van der Waals surface area contributed by atoms with Gasteiger partial charge in [-0.15, -0.1) is 11.3 Å². The summed E-state index contributed by atoms with van der Waals surface area (Å²) in [4.78, 5) is 5.29. The molecule has 0 spiro atoms. The van der Waals surface area contributed by atoms with Crippen molar-refractivity contribution in [2.75, 3.05) is 0 Å². The predicted octanol–water partition coefficient (Wildman–Crippen LogP) is 3.07. The fourth-order valence-electron chi connectivity index (χ4n) is 1.05. The average molecular weight is 168 g/mol. The second-order valence-electron chi connectivity index (χ2n) is 2.73. The van der Waals surface area contributed by atoms with Gasteiger partial charge in [0.05, 0.1) is 0 Å². The molecule has 0 N–H and O–H groups in total. The third-order valence-electron chi connectivity index (χ3n) is 1.71. The van der Waals surface area contributed by atoms with Crippen LogP contribution >= 0.6 is 11.3 Å². The summed E-state index contributed by atoms with van der Waals surface area (Å²) in [5.41, 5.74) is 2.86. The smallest absolute Gasteiger partial charge is 0.152 e. The van der Waals surface area contributed by atoms with E-state index >= 15 is 0 Å². The Labute approximate surface area is 72.5 Å². The molecule has 0 fully saturated rings. The summed E-state index contributed by atoms with van der Waals surface area (Å²) in [7, 11) is 0. The number of aryl methyl sites for hydroxylation is 1. The third-order valence-corrected chi connectivity index (χ3v) is 2.48. The molecule has 0 atom stereocenters. The van der Waals surface area contributed by atoms with Gasteiger partial charge in [-0.1, -0.05) is 26.2 Å². The van der Waals surface area contributed by atoms with E-state index in [1.807, 2.05) is 6.20 Å². The molecule has 1 aromatic heterocycles. The van der Waals surface area contributed by atoms with Gasteiger partial charge < -0.3 is 0 Å². The molecule has 61 valence electrons. The summed E-state index contributed by atoms with van der Waals surface area (Å²) in [6.07, 6.45) is 8.47. The van der Waals surface area contributed by atoms with Gasteiger partial charge in [-0.25, -0.2) is 4.98 Å². The molecule has 0 aliphatic rings. The second-order valence-corrected chi connectivity index (χ2v) is 3.64. The zero-order valence-electron chi connectivity index (χ0n) is 6.97. The maximum atomic E-state index is 3.91. The van der Waals surface area contributed by atoms with E-state index in [0.717, 1.165) is 0 Å². The van der Waals surface area contributed by atoms with Crippen molar-refractivity contribution >= 4 is 11.3 Å². The van der Waals surface area contributed by atoms with E-state index in [1.165, 1.54) is 37.0 Å². The molecule has 0 amide bonds. The molecule has 0 aliphatic carbocycles. The minimum atomic E-state index is 1.20. The maximum Gasteiger partial charge on any atom is 0.152 e. The predicted molar refractivity (Wildman–Crippen MR) is 48.8 cm³/mol. The van der Waals surface area contributed by atoms with E-state index in [1.54, 1.807) is 11.3 Å². The summed E-state index contributed by atoms with van der Waals surface area (Å²) in [6, 6.07) is 0. The van der Waals surface area contributed by atoms with Crippen molar-refractivity contribution in [1.82, 2.24) is 4.98 Å². The van der Waals surface area contributed by atoms with Crippen LogP contribution in [0.15, 0.2) is 6.20 Å². The molecular weight excluding hydrogens is 154 g/mol. The van der Waals surface area contributed by atoms with Crippen LogP contribution in [0.3, 0.4) is 0 Å². The molecule has 0 unspecified atom stereocenters. The second kappa shape index (κ2) is 5.30. The zero-order chi connectivity index (χ0) is 7.94. The Morgan fingerprint density at radius 1 is 1.45 bits per heavy atom. The van der Waals surface area contributed by atoms with Crippen molar-refractivity contribution < 1.29 is 0 Å². The van der Waals surface area contributed by atoms with Crippen molar-refractivity contribution in [3.05, 3.63) is 16.6 Å². The number of hydrogen-bond donors (Lipinski definition) is 0. The Balaban J connectivity index is 2.04. The normalized spacial score (nSPS) is 10.3. The van der Waals surface area contributed by atoms with Crippen LogP contribution < -0.4 is 0 Å². The van der Waals surface area contributed by atoms with Gasteiger partial charge in [0.25, 0.3) is 0 Å². The number of aromatic nitrogens is 1. The minimum Gasteiger partial charge on any atom is -0.242 e. The highest BCUT2D eigenvalue weighted by Crippen LogP contribution is 2.10.